The highest BCUT2D eigenvalue weighted by atomic mass is 32.1. The van der Waals surface area contributed by atoms with Crippen molar-refractivity contribution < 1.29 is 9.53 Å². The Kier molecular flexibility index (Phi) is 5.04. The third kappa shape index (κ3) is 3.87. The number of thiazole rings is 1. The van der Waals surface area contributed by atoms with Crippen molar-refractivity contribution in [1.82, 2.24) is 9.47 Å². The van der Waals surface area contributed by atoms with Gasteiger partial charge in [0.15, 0.2) is 4.80 Å². The van der Waals surface area contributed by atoms with Crippen LogP contribution in [0.3, 0.4) is 0 Å². The first-order chi connectivity index (χ1) is 11.5. The number of hydrogen-bond acceptors (Lipinski definition) is 3. The Morgan fingerprint density at radius 2 is 2.04 bits per heavy atom. The molecule has 0 bridgehead atoms. The lowest BCUT2D eigenvalue weighted by Crippen LogP contribution is -2.27. The average Bonchev–Trinajstić information content (AvgIpc) is 3.16. The molecule has 1 aliphatic heterocycles. The lowest BCUT2D eigenvalue weighted by molar-refractivity contribution is 0.218. The smallest absolute Gasteiger partial charge is 0.346 e. The van der Waals surface area contributed by atoms with E-state index in [1.807, 2.05) is 60.7 Å². The number of rotatable bonds is 3. The van der Waals surface area contributed by atoms with E-state index < -0.39 is 0 Å². The van der Waals surface area contributed by atoms with Crippen LogP contribution in [0.2, 0.25) is 0 Å². The van der Waals surface area contributed by atoms with E-state index in [0.717, 1.165) is 42.2 Å². The number of ether oxygens (including phenoxy) is 1. The fraction of sp³-hybridized carbons (Fsp3) is 0.444. The van der Waals surface area contributed by atoms with Gasteiger partial charge in [-0.3, -0.25) is 4.57 Å². The molecule has 128 valence electrons. The van der Waals surface area contributed by atoms with Crippen LogP contribution in [-0.2, 0) is 0 Å². The molecule has 0 radical (unpaired) electrons. The van der Waals surface area contributed by atoms with Gasteiger partial charge in [0.25, 0.3) is 0 Å². The molecule has 6 heteroatoms. The fourth-order valence-electron chi connectivity index (χ4n) is 2.76. The average molecular weight is 345 g/mol. The maximum atomic E-state index is 12.3. The Balaban J connectivity index is 1.95. The highest BCUT2D eigenvalue weighted by molar-refractivity contribution is 7.09. The van der Waals surface area contributed by atoms with E-state index in [4.69, 9.17) is 4.74 Å². The van der Waals surface area contributed by atoms with E-state index in [1.165, 1.54) is 11.3 Å². The second-order valence-corrected chi connectivity index (χ2v) is 7.46. The zero-order chi connectivity index (χ0) is 17.1. The maximum Gasteiger partial charge on any atom is 0.346 e. The molecule has 24 heavy (non-hydrogen) atoms. The van der Waals surface area contributed by atoms with Crippen molar-refractivity contribution in [3.63, 3.8) is 0 Å². The van der Waals surface area contributed by atoms with Crippen LogP contribution in [0.4, 0.5) is 4.79 Å². The number of likely N-dealkylation sites (tertiary alicyclic amines) is 1. The molecule has 1 aromatic heterocycles. The molecule has 0 spiro atoms. The molecule has 0 N–H and O–H groups in total. The summed E-state index contributed by atoms with van der Waals surface area (Å²) in [6.45, 7) is 7.65. The van der Waals surface area contributed by atoms with Crippen molar-refractivity contribution in [2.24, 2.45) is 4.99 Å². The van der Waals surface area contributed by atoms with Gasteiger partial charge in [-0.15, -0.1) is 11.3 Å². The van der Waals surface area contributed by atoms with Gasteiger partial charge in [0.05, 0.1) is 11.8 Å². The molecule has 0 atom stereocenters. The zero-order valence-electron chi connectivity index (χ0n) is 14.4. The Hall–Kier alpha value is -2.08. The summed E-state index contributed by atoms with van der Waals surface area (Å²) in [5, 5.41) is 0. The summed E-state index contributed by atoms with van der Waals surface area (Å²) in [5.41, 5.74) is 0.950. The lowest BCUT2D eigenvalue weighted by Gasteiger charge is -2.12. The van der Waals surface area contributed by atoms with Gasteiger partial charge in [-0.25, -0.2) is 4.79 Å². The topological polar surface area (TPSA) is 46.8 Å². The molecule has 0 aliphatic carbocycles. The van der Waals surface area contributed by atoms with Gasteiger partial charge >= 0.3 is 6.03 Å². The first-order valence-electron chi connectivity index (χ1n) is 8.33. The van der Waals surface area contributed by atoms with Crippen molar-refractivity contribution >= 4 is 17.4 Å². The summed E-state index contributed by atoms with van der Waals surface area (Å²) in [7, 11) is 0. The fourth-order valence-corrected chi connectivity index (χ4v) is 3.58. The van der Waals surface area contributed by atoms with E-state index in [9.17, 15) is 4.79 Å². The Bertz CT molecular complexity index is 786. The zero-order valence-corrected chi connectivity index (χ0v) is 15.2. The Labute approximate surface area is 146 Å². The Morgan fingerprint density at radius 3 is 2.75 bits per heavy atom. The minimum Gasteiger partial charge on any atom is -0.491 e. The van der Waals surface area contributed by atoms with Crippen molar-refractivity contribution in [3.8, 4) is 11.4 Å². The predicted octanol–water partition coefficient (Wildman–Crippen LogP) is 3.75. The monoisotopic (exact) mass is 345 g/mol. The van der Waals surface area contributed by atoms with Crippen LogP contribution in [-0.4, -0.2) is 34.7 Å². The van der Waals surface area contributed by atoms with Crippen molar-refractivity contribution in [1.29, 1.82) is 0 Å². The first kappa shape index (κ1) is 16.8. The minimum absolute atomic E-state index is 0.121. The summed E-state index contributed by atoms with van der Waals surface area (Å²) >= 11 is 1.52. The number of amides is 2. The van der Waals surface area contributed by atoms with Gasteiger partial charge < -0.3 is 9.64 Å². The molecule has 2 amide bonds. The maximum absolute atomic E-state index is 12.3. The number of carbonyl (C=O) groups is 1. The van der Waals surface area contributed by atoms with Crippen LogP contribution < -0.4 is 9.54 Å². The quantitative estimate of drug-likeness (QED) is 0.850. The van der Waals surface area contributed by atoms with E-state index >= 15 is 0 Å². The van der Waals surface area contributed by atoms with Gasteiger partial charge in [0, 0.05) is 30.2 Å². The van der Waals surface area contributed by atoms with E-state index in [2.05, 4.69) is 4.99 Å². The molecule has 1 fully saturated rings. The van der Waals surface area contributed by atoms with Crippen LogP contribution in [0.15, 0.2) is 35.5 Å². The molecular weight excluding hydrogens is 322 g/mol. The molecular formula is C18H23N3O2S. The molecule has 0 unspecified atom stereocenters. The molecule has 1 saturated heterocycles. The molecule has 2 heterocycles. The number of aryl methyl sites for hydroxylation is 1. The third-order valence-electron chi connectivity index (χ3n) is 3.80. The number of aromatic nitrogens is 1. The highest BCUT2D eigenvalue weighted by Gasteiger charge is 2.17. The Morgan fingerprint density at radius 1 is 1.29 bits per heavy atom. The minimum atomic E-state index is -0.141. The second kappa shape index (κ2) is 7.21. The molecule has 1 aromatic carbocycles. The number of urea groups is 1. The van der Waals surface area contributed by atoms with Crippen molar-refractivity contribution in [2.75, 3.05) is 13.1 Å². The second-order valence-electron chi connectivity index (χ2n) is 6.25. The summed E-state index contributed by atoms with van der Waals surface area (Å²) in [6, 6.07) is 7.73. The normalized spacial score (nSPS) is 15.3. The molecule has 2 aromatic rings. The van der Waals surface area contributed by atoms with Crippen molar-refractivity contribution in [2.45, 2.75) is 39.7 Å². The van der Waals surface area contributed by atoms with E-state index in [-0.39, 0.29) is 12.1 Å². The predicted molar refractivity (Wildman–Crippen MR) is 95.9 cm³/mol. The van der Waals surface area contributed by atoms with Gasteiger partial charge in [-0.1, -0.05) is 6.07 Å². The van der Waals surface area contributed by atoms with E-state index in [0.29, 0.717) is 4.80 Å². The molecule has 5 nitrogen and oxygen atoms in total. The van der Waals surface area contributed by atoms with Crippen molar-refractivity contribution in [3.05, 3.63) is 40.1 Å². The lowest BCUT2D eigenvalue weighted by atomic mass is 10.3. The van der Waals surface area contributed by atoms with Crippen LogP contribution in [0.1, 0.15) is 31.6 Å². The third-order valence-corrected chi connectivity index (χ3v) is 4.70. The highest BCUT2D eigenvalue weighted by Crippen LogP contribution is 2.18. The van der Waals surface area contributed by atoms with Crippen LogP contribution >= 0.6 is 11.3 Å². The van der Waals surface area contributed by atoms with Crippen LogP contribution in [0, 0.1) is 6.92 Å². The summed E-state index contributed by atoms with van der Waals surface area (Å²) in [5.74, 6) is 0.815. The molecule has 0 saturated carbocycles. The SMILES string of the molecule is Cc1cn(-c2cccc(OC(C)C)c2)c(=NC(=O)N2CCCC2)s1. The summed E-state index contributed by atoms with van der Waals surface area (Å²) in [4.78, 5) is 20.3. The van der Waals surface area contributed by atoms with Gasteiger partial charge in [-0.05, 0) is 45.7 Å². The number of carbonyl (C=O) groups excluding carboxylic acids is 1. The molecule has 1 aliphatic rings. The summed E-state index contributed by atoms with van der Waals surface area (Å²) < 4.78 is 7.73. The first-order valence-corrected chi connectivity index (χ1v) is 9.14. The van der Waals surface area contributed by atoms with E-state index in [1.54, 1.807) is 0 Å². The molecule has 3 rings (SSSR count). The number of hydrogen-bond donors (Lipinski definition) is 0. The van der Waals surface area contributed by atoms with Gasteiger partial charge in [0.2, 0.25) is 0 Å². The standard InChI is InChI=1S/C18H23N3O2S/c1-13(2)23-16-8-6-7-15(11-16)21-12-14(3)24-18(21)19-17(22)20-9-4-5-10-20/h6-8,11-13H,4-5,9-10H2,1-3H3. The van der Waals surface area contributed by atoms with Crippen LogP contribution in [0.25, 0.3) is 5.69 Å². The number of benzene rings is 1. The largest absolute Gasteiger partial charge is 0.491 e. The number of nitrogens with zero attached hydrogens (tertiary/aromatic N) is 3. The van der Waals surface area contributed by atoms with Crippen LogP contribution in [0.5, 0.6) is 5.75 Å². The summed E-state index contributed by atoms with van der Waals surface area (Å²) in [6.07, 6.45) is 4.27. The van der Waals surface area contributed by atoms with Gasteiger partial charge in [-0.2, -0.15) is 4.99 Å². The van der Waals surface area contributed by atoms with Gasteiger partial charge in [0.1, 0.15) is 5.75 Å².